The topological polar surface area (TPSA) is 66.9 Å². The summed E-state index contributed by atoms with van der Waals surface area (Å²) >= 11 is 0. The second-order valence-electron chi connectivity index (χ2n) is 6.64. The summed E-state index contributed by atoms with van der Waals surface area (Å²) in [6.45, 7) is 9.48. The molecule has 128 valence electrons. The van der Waals surface area contributed by atoms with Crippen molar-refractivity contribution in [1.82, 2.24) is 10.2 Å². The fourth-order valence-electron chi connectivity index (χ4n) is 2.18. The van der Waals surface area contributed by atoms with Gasteiger partial charge in [-0.1, -0.05) is 39.8 Å². The molecule has 0 atom stereocenters. The van der Waals surface area contributed by atoms with Crippen LogP contribution in [0.4, 0.5) is 11.5 Å². The summed E-state index contributed by atoms with van der Waals surface area (Å²) in [5.74, 6) is 1.54. The van der Waals surface area contributed by atoms with Crippen LogP contribution in [0.3, 0.4) is 0 Å². The van der Waals surface area contributed by atoms with Gasteiger partial charge < -0.3 is 10.6 Å². The van der Waals surface area contributed by atoms with Gasteiger partial charge in [0, 0.05) is 12.2 Å². The standard InChI is InChI=1S/C19H26N4O/c1-13(2)11-12-20-18-10-9-17(22-23-18)19(24)21-16-7-5-15(6-8-16)14(3)4/h5-10,13-14H,11-12H2,1-4H3,(H,20,23)(H,21,24). The first-order valence-electron chi connectivity index (χ1n) is 8.44. The van der Waals surface area contributed by atoms with Crippen LogP contribution in [0.2, 0.25) is 0 Å². The van der Waals surface area contributed by atoms with Crippen molar-refractivity contribution in [2.45, 2.75) is 40.0 Å². The smallest absolute Gasteiger partial charge is 0.276 e. The Kier molecular flexibility index (Phi) is 6.29. The highest BCUT2D eigenvalue weighted by atomic mass is 16.1. The van der Waals surface area contributed by atoms with Gasteiger partial charge in [0.2, 0.25) is 0 Å². The summed E-state index contributed by atoms with van der Waals surface area (Å²) in [7, 11) is 0. The molecule has 1 aromatic carbocycles. The molecule has 0 aliphatic carbocycles. The van der Waals surface area contributed by atoms with Crippen molar-refractivity contribution in [3.05, 3.63) is 47.7 Å². The van der Waals surface area contributed by atoms with Gasteiger partial charge in [-0.25, -0.2) is 0 Å². The lowest BCUT2D eigenvalue weighted by atomic mass is 10.0. The number of benzene rings is 1. The highest BCUT2D eigenvalue weighted by molar-refractivity contribution is 6.02. The molecule has 0 aliphatic heterocycles. The van der Waals surface area contributed by atoms with Gasteiger partial charge in [-0.15, -0.1) is 10.2 Å². The lowest BCUT2D eigenvalue weighted by molar-refractivity contribution is 0.102. The summed E-state index contributed by atoms with van der Waals surface area (Å²) in [6, 6.07) is 11.3. The molecular weight excluding hydrogens is 300 g/mol. The van der Waals surface area contributed by atoms with E-state index in [1.54, 1.807) is 12.1 Å². The fraction of sp³-hybridized carbons (Fsp3) is 0.421. The Balaban J connectivity index is 1.92. The number of nitrogens with zero attached hydrogens (tertiary/aromatic N) is 2. The van der Waals surface area contributed by atoms with Crippen molar-refractivity contribution >= 4 is 17.4 Å². The molecule has 0 unspecified atom stereocenters. The van der Waals surface area contributed by atoms with Crippen LogP contribution in [0.5, 0.6) is 0 Å². The van der Waals surface area contributed by atoms with E-state index < -0.39 is 0 Å². The van der Waals surface area contributed by atoms with E-state index in [1.165, 1.54) is 5.56 Å². The van der Waals surface area contributed by atoms with E-state index in [9.17, 15) is 4.79 Å². The predicted octanol–water partition coefficient (Wildman–Crippen LogP) is 4.31. The van der Waals surface area contributed by atoms with Gasteiger partial charge in [-0.05, 0) is 48.1 Å². The molecule has 0 bridgehead atoms. The number of hydrogen-bond acceptors (Lipinski definition) is 4. The second-order valence-corrected chi connectivity index (χ2v) is 6.64. The summed E-state index contributed by atoms with van der Waals surface area (Å²) < 4.78 is 0. The number of anilines is 2. The number of nitrogens with one attached hydrogen (secondary N) is 2. The van der Waals surface area contributed by atoms with Gasteiger partial charge in [0.1, 0.15) is 5.82 Å². The monoisotopic (exact) mass is 326 g/mol. The molecule has 0 fully saturated rings. The molecule has 0 saturated heterocycles. The van der Waals surface area contributed by atoms with Crippen LogP contribution in [-0.2, 0) is 0 Å². The van der Waals surface area contributed by atoms with Gasteiger partial charge >= 0.3 is 0 Å². The van der Waals surface area contributed by atoms with Crippen molar-refractivity contribution < 1.29 is 4.79 Å². The molecule has 2 N–H and O–H groups in total. The molecule has 0 radical (unpaired) electrons. The fourth-order valence-corrected chi connectivity index (χ4v) is 2.18. The van der Waals surface area contributed by atoms with Crippen molar-refractivity contribution in [1.29, 1.82) is 0 Å². The van der Waals surface area contributed by atoms with E-state index in [1.807, 2.05) is 24.3 Å². The van der Waals surface area contributed by atoms with Crippen molar-refractivity contribution in [3.63, 3.8) is 0 Å². The van der Waals surface area contributed by atoms with Crippen LogP contribution in [0, 0.1) is 5.92 Å². The Morgan fingerprint density at radius 2 is 1.71 bits per heavy atom. The molecule has 1 aromatic heterocycles. The summed E-state index contributed by atoms with van der Waals surface area (Å²) in [5, 5.41) is 14.1. The SMILES string of the molecule is CC(C)CCNc1ccc(C(=O)Nc2ccc(C(C)C)cc2)nn1. The van der Waals surface area contributed by atoms with Gasteiger partial charge in [0.05, 0.1) is 0 Å². The Bertz CT molecular complexity index is 648. The van der Waals surface area contributed by atoms with Crippen molar-refractivity contribution in [2.75, 3.05) is 17.2 Å². The Hall–Kier alpha value is -2.43. The Labute approximate surface area is 143 Å². The third-order valence-corrected chi connectivity index (χ3v) is 3.76. The van der Waals surface area contributed by atoms with Crippen LogP contribution >= 0.6 is 0 Å². The van der Waals surface area contributed by atoms with Crippen LogP contribution in [-0.4, -0.2) is 22.6 Å². The Morgan fingerprint density at radius 3 is 2.25 bits per heavy atom. The quantitative estimate of drug-likeness (QED) is 0.795. The molecule has 24 heavy (non-hydrogen) atoms. The maximum absolute atomic E-state index is 12.2. The maximum Gasteiger partial charge on any atom is 0.276 e. The summed E-state index contributed by atoms with van der Waals surface area (Å²) in [4.78, 5) is 12.2. The molecule has 1 amide bonds. The minimum Gasteiger partial charge on any atom is -0.369 e. The van der Waals surface area contributed by atoms with Crippen molar-refractivity contribution in [3.8, 4) is 0 Å². The average molecular weight is 326 g/mol. The molecule has 1 heterocycles. The zero-order chi connectivity index (χ0) is 17.5. The number of carbonyl (C=O) groups is 1. The summed E-state index contributed by atoms with van der Waals surface area (Å²) in [6.07, 6.45) is 1.07. The van der Waals surface area contributed by atoms with E-state index in [2.05, 4.69) is 48.5 Å². The number of amides is 1. The van der Waals surface area contributed by atoms with Gasteiger partial charge in [-0.2, -0.15) is 0 Å². The first kappa shape index (κ1) is 17.9. The lowest BCUT2D eigenvalue weighted by Crippen LogP contribution is -2.15. The van der Waals surface area contributed by atoms with Crippen molar-refractivity contribution in [2.24, 2.45) is 5.92 Å². The van der Waals surface area contributed by atoms with Gasteiger partial charge in [0.25, 0.3) is 5.91 Å². The molecular formula is C19H26N4O. The minimum absolute atomic E-state index is 0.256. The molecule has 2 rings (SSSR count). The normalized spacial score (nSPS) is 10.9. The highest BCUT2D eigenvalue weighted by Crippen LogP contribution is 2.17. The molecule has 5 heteroatoms. The third-order valence-electron chi connectivity index (χ3n) is 3.76. The molecule has 0 saturated carbocycles. The molecule has 2 aromatic rings. The van der Waals surface area contributed by atoms with Gasteiger partial charge in [0.15, 0.2) is 5.69 Å². The second kappa shape index (κ2) is 8.43. The first-order chi connectivity index (χ1) is 11.5. The number of hydrogen-bond donors (Lipinski definition) is 2. The summed E-state index contributed by atoms with van der Waals surface area (Å²) in [5.41, 5.74) is 2.30. The largest absolute Gasteiger partial charge is 0.369 e. The third kappa shape index (κ3) is 5.33. The minimum atomic E-state index is -0.256. The van der Waals surface area contributed by atoms with E-state index >= 15 is 0 Å². The number of rotatable bonds is 7. The van der Waals surface area contributed by atoms with E-state index in [-0.39, 0.29) is 5.91 Å². The van der Waals surface area contributed by atoms with Crippen LogP contribution < -0.4 is 10.6 Å². The van der Waals surface area contributed by atoms with E-state index in [0.717, 1.165) is 18.7 Å². The molecule has 0 aliphatic rings. The molecule has 0 spiro atoms. The first-order valence-corrected chi connectivity index (χ1v) is 8.44. The predicted molar refractivity (Wildman–Crippen MR) is 98.5 cm³/mol. The zero-order valence-electron chi connectivity index (χ0n) is 14.8. The van der Waals surface area contributed by atoms with Crippen LogP contribution in [0.25, 0.3) is 0 Å². The van der Waals surface area contributed by atoms with Crippen LogP contribution in [0.1, 0.15) is 56.1 Å². The zero-order valence-corrected chi connectivity index (χ0v) is 14.8. The maximum atomic E-state index is 12.2. The Morgan fingerprint density at radius 1 is 1.00 bits per heavy atom. The average Bonchev–Trinajstić information content (AvgIpc) is 2.55. The highest BCUT2D eigenvalue weighted by Gasteiger charge is 2.09. The molecule has 5 nitrogen and oxygen atoms in total. The van der Waals surface area contributed by atoms with Crippen LogP contribution in [0.15, 0.2) is 36.4 Å². The van der Waals surface area contributed by atoms with E-state index in [4.69, 9.17) is 0 Å². The van der Waals surface area contributed by atoms with E-state index in [0.29, 0.717) is 23.3 Å². The number of carbonyl (C=O) groups excluding carboxylic acids is 1. The van der Waals surface area contributed by atoms with Gasteiger partial charge in [-0.3, -0.25) is 4.79 Å². The lowest BCUT2D eigenvalue weighted by Gasteiger charge is -2.09. The number of aromatic nitrogens is 2.